The predicted octanol–water partition coefficient (Wildman–Crippen LogP) is 2.26. The minimum Gasteiger partial charge on any atom is -0.393 e. The van der Waals surface area contributed by atoms with E-state index < -0.39 is 6.10 Å². The molecule has 0 saturated heterocycles. The number of Topliss-reactive ketones (excluding diaryl/α,β-unsaturated/α-hetero) is 1. The van der Waals surface area contributed by atoms with Crippen molar-refractivity contribution in [1.82, 2.24) is 0 Å². The molecule has 1 fully saturated rings. The van der Waals surface area contributed by atoms with Crippen LogP contribution in [0.3, 0.4) is 0 Å². The largest absolute Gasteiger partial charge is 0.393 e. The van der Waals surface area contributed by atoms with E-state index >= 15 is 0 Å². The number of nitrogens with two attached hydrogens (primary N) is 1. The van der Waals surface area contributed by atoms with Crippen molar-refractivity contribution in [2.75, 3.05) is 6.54 Å². The van der Waals surface area contributed by atoms with Crippen LogP contribution >= 0.6 is 0 Å². The van der Waals surface area contributed by atoms with Crippen molar-refractivity contribution in [2.24, 2.45) is 17.6 Å². The Morgan fingerprint density at radius 2 is 2.00 bits per heavy atom. The van der Waals surface area contributed by atoms with Crippen molar-refractivity contribution in [3.8, 4) is 0 Å². The third kappa shape index (κ3) is 5.64. The monoisotopic (exact) mass is 241 g/mol. The maximum Gasteiger partial charge on any atom is 0.139 e. The quantitative estimate of drug-likeness (QED) is 0.718. The summed E-state index contributed by atoms with van der Waals surface area (Å²) in [5.41, 5.74) is 5.44. The molecule has 0 aliphatic heterocycles. The fourth-order valence-corrected chi connectivity index (χ4v) is 2.57. The van der Waals surface area contributed by atoms with Crippen LogP contribution in [0, 0.1) is 11.8 Å². The van der Waals surface area contributed by atoms with Crippen LogP contribution in [0.25, 0.3) is 0 Å². The van der Waals surface area contributed by atoms with Gasteiger partial charge >= 0.3 is 0 Å². The zero-order valence-corrected chi connectivity index (χ0v) is 11.0. The van der Waals surface area contributed by atoms with Crippen molar-refractivity contribution in [3.63, 3.8) is 0 Å². The van der Waals surface area contributed by atoms with Crippen LogP contribution < -0.4 is 5.73 Å². The molecular formula is C14H27NO2. The molecule has 1 aliphatic rings. The Hall–Kier alpha value is -0.410. The highest BCUT2D eigenvalue weighted by Crippen LogP contribution is 2.28. The summed E-state index contributed by atoms with van der Waals surface area (Å²) >= 11 is 0. The zero-order chi connectivity index (χ0) is 12.7. The van der Waals surface area contributed by atoms with Gasteiger partial charge in [-0.3, -0.25) is 4.79 Å². The Balaban J connectivity index is 2.15. The van der Waals surface area contributed by atoms with Gasteiger partial charge in [0.2, 0.25) is 0 Å². The van der Waals surface area contributed by atoms with Crippen LogP contribution in [-0.4, -0.2) is 23.5 Å². The first kappa shape index (κ1) is 14.7. The molecule has 0 bridgehead atoms. The molecule has 3 heteroatoms. The number of hydrogen-bond acceptors (Lipinski definition) is 3. The lowest BCUT2D eigenvalue weighted by Crippen LogP contribution is -2.25. The third-order valence-electron chi connectivity index (χ3n) is 3.97. The highest BCUT2D eigenvalue weighted by molar-refractivity contribution is 5.81. The SMILES string of the molecule is CC(CN)C(=O)CC(O)CCC1CCCCC1. The van der Waals surface area contributed by atoms with Gasteiger partial charge in [-0.2, -0.15) is 0 Å². The molecule has 100 valence electrons. The molecule has 1 saturated carbocycles. The van der Waals surface area contributed by atoms with Gasteiger partial charge in [-0.25, -0.2) is 0 Å². The molecule has 0 heterocycles. The summed E-state index contributed by atoms with van der Waals surface area (Å²) in [7, 11) is 0. The summed E-state index contributed by atoms with van der Waals surface area (Å²) < 4.78 is 0. The number of rotatable bonds is 7. The summed E-state index contributed by atoms with van der Waals surface area (Å²) in [6.45, 7) is 2.21. The number of aliphatic hydroxyl groups excluding tert-OH is 1. The van der Waals surface area contributed by atoms with E-state index in [-0.39, 0.29) is 18.1 Å². The lowest BCUT2D eigenvalue weighted by molar-refractivity contribution is -0.124. The number of carbonyl (C=O) groups is 1. The average Bonchev–Trinajstić information content (AvgIpc) is 2.36. The molecule has 3 nitrogen and oxygen atoms in total. The maximum atomic E-state index is 11.6. The van der Waals surface area contributed by atoms with Gasteiger partial charge in [0.1, 0.15) is 5.78 Å². The molecule has 0 aromatic rings. The topological polar surface area (TPSA) is 63.3 Å². The fraction of sp³-hybridized carbons (Fsp3) is 0.929. The van der Waals surface area contributed by atoms with Gasteiger partial charge in [-0.05, 0) is 18.8 Å². The van der Waals surface area contributed by atoms with Crippen molar-refractivity contribution in [1.29, 1.82) is 0 Å². The Morgan fingerprint density at radius 3 is 2.59 bits per heavy atom. The Kier molecular flexibility index (Phi) is 6.75. The minimum absolute atomic E-state index is 0.101. The predicted molar refractivity (Wildman–Crippen MR) is 69.7 cm³/mol. The van der Waals surface area contributed by atoms with Crippen LogP contribution in [-0.2, 0) is 4.79 Å². The number of aliphatic hydroxyl groups is 1. The number of hydrogen-bond donors (Lipinski definition) is 2. The molecule has 0 radical (unpaired) electrons. The average molecular weight is 241 g/mol. The van der Waals surface area contributed by atoms with Gasteiger partial charge in [0.05, 0.1) is 6.10 Å². The second-order valence-electron chi connectivity index (χ2n) is 5.54. The second-order valence-corrected chi connectivity index (χ2v) is 5.54. The summed E-state index contributed by atoms with van der Waals surface area (Å²) in [6, 6.07) is 0. The fourth-order valence-electron chi connectivity index (χ4n) is 2.57. The lowest BCUT2D eigenvalue weighted by Gasteiger charge is -2.22. The summed E-state index contributed by atoms with van der Waals surface area (Å²) in [5, 5.41) is 9.83. The van der Waals surface area contributed by atoms with Gasteiger partial charge in [0, 0.05) is 18.9 Å². The van der Waals surface area contributed by atoms with Gasteiger partial charge < -0.3 is 10.8 Å². The van der Waals surface area contributed by atoms with Crippen molar-refractivity contribution in [2.45, 2.75) is 64.4 Å². The molecule has 0 aromatic heterocycles. The molecule has 0 aromatic carbocycles. The van der Waals surface area contributed by atoms with Crippen LogP contribution in [0.2, 0.25) is 0 Å². The smallest absolute Gasteiger partial charge is 0.139 e. The van der Waals surface area contributed by atoms with Crippen molar-refractivity contribution in [3.05, 3.63) is 0 Å². The van der Waals surface area contributed by atoms with Crippen LogP contribution in [0.15, 0.2) is 0 Å². The first-order chi connectivity index (χ1) is 8.13. The molecular weight excluding hydrogens is 214 g/mol. The Labute approximate surface area is 105 Å². The molecule has 2 unspecified atom stereocenters. The van der Waals surface area contributed by atoms with Crippen molar-refractivity contribution < 1.29 is 9.90 Å². The second kappa shape index (κ2) is 7.83. The van der Waals surface area contributed by atoms with E-state index in [1.807, 2.05) is 6.92 Å². The van der Waals surface area contributed by atoms with E-state index in [0.29, 0.717) is 6.54 Å². The van der Waals surface area contributed by atoms with Gasteiger partial charge in [-0.1, -0.05) is 39.0 Å². The van der Waals surface area contributed by atoms with Gasteiger partial charge in [0.25, 0.3) is 0 Å². The zero-order valence-electron chi connectivity index (χ0n) is 11.0. The van der Waals surface area contributed by atoms with E-state index in [2.05, 4.69) is 0 Å². The molecule has 0 spiro atoms. The summed E-state index contributed by atoms with van der Waals surface area (Å²) in [4.78, 5) is 11.6. The minimum atomic E-state index is -0.460. The Bertz CT molecular complexity index is 224. The normalized spacial score (nSPS) is 21.1. The number of carbonyl (C=O) groups excluding carboxylic acids is 1. The Morgan fingerprint density at radius 1 is 1.35 bits per heavy atom. The molecule has 2 atom stereocenters. The summed E-state index contributed by atoms with van der Waals surface area (Å²) in [6.07, 6.45) is 8.32. The van der Waals surface area contributed by atoms with E-state index in [1.165, 1.54) is 32.1 Å². The van der Waals surface area contributed by atoms with Crippen molar-refractivity contribution >= 4 is 5.78 Å². The van der Waals surface area contributed by atoms with E-state index in [4.69, 9.17) is 5.73 Å². The van der Waals surface area contributed by atoms with Gasteiger partial charge in [0.15, 0.2) is 0 Å². The van der Waals surface area contributed by atoms with Gasteiger partial charge in [-0.15, -0.1) is 0 Å². The first-order valence-electron chi connectivity index (χ1n) is 7.04. The molecule has 1 rings (SSSR count). The first-order valence-corrected chi connectivity index (χ1v) is 7.04. The lowest BCUT2D eigenvalue weighted by atomic mass is 9.85. The molecule has 3 N–H and O–H groups in total. The number of ketones is 1. The van der Waals surface area contributed by atoms with Crippen LogP contribution in [0.4, 0.5) is 0 Å². The highest BCUT2D eigenvalue weighted by atomic mass is 16.3. The third-order valence-corrected chi connectivity index (χ3v) is 3.97. The molecule has 17 heavy (non-hydrogen) atoms. The molecule has 0 amide bonds. The van der Waals surface area contributed by atoms with E-state index in [0.717, 1.165) is 18.8 Å². The van der Waals surface area contributed by atoms with Crippen LogP contribution in [0.1, 0.15) is 58.3 Å². The molecule has 1 aliphatic carbocycles. The van der Waals surface area contributed by atoms with E-state index in [9.17, 15) is 9.90 Å². The highest BCUT2D eigenvalue weighted by Gasteiger charge is 2.18. The van der Waals surface area contributed by atoms with Crippen LogP contribution in [0.5, 0.6) is 0 Å². The standard InChI is InChI=1S/C14H27NO2/c1-11(10-15)14(17)9-13(16)8-7-12-5-3-2-4-6-12/h11-13,16H,2-10,15H2,1H3. The maximum absolute atomic E-state index is 11.6. The summed E-state index contributed by atoms with van der Waals surface area (Å²) in [5.74, 6) is 0.767. The van der Waals surface area contributed by atoms with E-state index in [1.54, 1.807) is 0 Å².